The maximum atomic E-state index is 11.2. The topological polar surface area (TPSA) is 76.0 Å². The van der Waals surface area contributed by atoms with Crippen molar-refractivity contribution in [3.8, 4) is 0 Å². The van der Waals surface area contributed by atoms with Gasteiger partial charge in [-0.05, 0) is 49.0 Å². The molecule has 3 aromatic rings. The number of aromatic carboxylic acids is 1. The van der Waals surface area contributed by atoms with Crippen LogP contribution in [0.3, 0.4) is 0 Å². The van der Waals surface area contributed by atoms with Crippen molar-refractivity contribution in [2.45, 2.75) is 17.1 Å². The number of carboxylic acids is 1. The monoisotopic (exact) mass is 297 g/mol. The second-order valence-electron chi connectivity index (χ2n) is 4.41. The molecule has 0 atom stereocenters. The van der Waals surface area contributed by atoms with Gasteiger partial charge in [-0.25, -0.2) is 19.7 Å². The summed E-state index contributed by atoms with van der Waals surface area (Å²) in [6.07, 6.45) is 1.70. The van der Waals surface area contributed by atoms with Crippen molar-refractivity contribution in [2.75, 3.05) is 0 Å². The molecule has 0 radical (unpaired) electrons. The Kier molecular flexibility index (Phi) is 3.53. The number of fused-ring (bicyclic) bond motifs is 1. The Labute approximate surface area is 125 Å². The zero-order valence-corrected chi connectivity index (χ0v) is 12.0. The molecule has 6 heteroatoms. The Balaban J connectivity index is 2.00. The van der Waals surface area contributed by atoms with Gasteiger partial charge >= 0.3 is 5.97 Å². The first-order valence-electron chi connectivity index (χ1n) is 6.24. The van der Waals surface area contributed by atoms with Crippen LogP contribution in [0.2, 0.25) is 0 Å². The fourth-order valence-corrected chi connectivity index (χ4v) is 2.72. The van der Waals surface area contributed by atoms with Gasteiger partial charge in [0, 0.05) is 17.3 Å². The average molecular weight is 297 g/mol. The first-order chi connectivity index (χ1) is 10.1. The number of pyridine rings is 1. The molecule has 0 unspecified atom stereocenters. The molecular formula is C15H11N3O2S. The van der Waals surface area contributed by atoms with E-state index in [2.05, 4.69) is 15.0 Å². The molecule has 2 aromatic heterocycles. The molecule has 0 saturated heterocycles. The van der Waals surface area contributed by atoms with E-state index < -0.39 is 5.97 Å². The van der Waals surface area contributed by atoms with E-state index in [0.29, 0.717) is 16.1 Å². The molecule has 1 N–H and O–H groups in total. The second kappa shape index (κ2) is 5.49. The van der Waals surface area contributed by atoms with Gasteiger partial charge in [0.05, 0.1) is 11.1 Å². The quantitative estimate of drug-likeness (QED) is 0.748. The third kappa shape index (κ3) is 2.85. The van der Waals surface area contributed by atoms with Crippen LogP contribution in [0.15, 0.2) is 52.8 Å². The van der Waals surface area contributed by atoms with Crippen molar-refractivity contribution in [1.29, 1.82) is 0 Å². The second-order valence-corrected chi connectivity index (χ2v) is 5.40. The van der Waals surface area contributed by atoms with Crippen LogP contribution in [-0.2, 0) is 0 Å². The first-order valence-corrected chi connectivity index (χ1v) is 7.06. The maximum absolute atomic E-state index is 11.2. The lowest BCUT2D eigenvalue weighted by Crippen LogP contribution is -1.98. The molecule has 0 aliphatic rings. The largest absolute Gasteiger partial charge is 0.478 e. The van der Waals surface area contributed by atoms with E-state index in [4.69, 9.17) is 5.11 Å². The molecule has 0 aliphatic heterocycles. The Hall–Kier alpha value is -2.47. The fourth-order valence-electron chi connectivity index (χ4n) is 1.95. The lowest BCUT2D eigenvalue weighted by atomic mass is 10.1. The molecule has 1 aromatic carbocycles. The minimum atomic E-state index is -0.954. The summed E-state index contributed by atoms with van der Waals surface area (Å²) in [6, 6.07) is 10.4. The molecule has 21 heavy (non-hydrogen) atoms. The van der Waals surface area contributed by atoms with Gasteiger partial charge in [0.15, 0.2) is 5.16 Å². The predicted octanol–water partition coefficient (Wildman–Crippen LogP) is 3.18. The minimum absolute atomic E-state index is 0.253. The molecule has 0 spiro atoms. The molecule has 0 fully saturated rings. The van der Waals surface area contributed by atoms with E-state index in [1.807, 2.05) is 13.0 Å². The molecule has 0 amide bonds. The molecule has 0 bridgehead atoms. The van der Waals surface area contributed by atoms with Gasteiger partial charge in [0.2, 0.25) is 0 Å². The Morgan fingerprint density at radius 1 is 1.14 bits per heavy atom. The number of benzene rings is 1. The summed E-state index contributed by atoms with van der Waals surface area (Å²) >= 11 is 1.35. The summed E-state index contributed by atoms with van der Waals surface area (Å²) in [5.41, 5.74) is 1.79. The number of hydrogen-bond acceptors (Lipinski definition) is 5. The van der Waals surface area contributed by atoms with Crippen LogP contribution in [-0.4, -0.2) is 26.0 Å². The Morgan fingerprint density at radius 3 is 2.76 bits per heavy atom. The van der Waals surface area contributed by atoms with E-state index in [9.17, 15) is 4.79 Å². The SMILES string of the molecule is Cc1ccnc(Sc2ccc3c(C(=O)O)cccc3n2)n1. The van der Waals surface area contributed by atoms with Gasteiger partial charge in [-0.3, -0.25) is 0 Å². The van der Waals surface area contributed by atoms with Crippen LogP contribution in [0, 0.1) is 6.92 Å². The lowest BCUT2D eigenvalue weighted by molar-refractivity contribution is 0.0699. The van der Waals surface area contributed by atoms with Crippen LogP contribution >= 0.6 is 11.8 Å². The van der Waals surface area contributed by atoms with Gasteiger partial charge in [-0.1, -0.05) is 6.07 Å². The van der Waals surface area contributed by atoms with E-state index in [-0.39, 0.29) is 5.56 Å². The minimum Gasteiger partial charge on any atom is -0.478 e. The number of rotatable bonds is 3. The van der Waals surface area contributed by atoms with Crippen molar-refractivity contribution in [3.05, 3.63) is 53.9 Å². The fraction of sp³-hybridized carbons (Fsp3) is 0.0667. The highest BCUT2D eigenvalue weighted by Crippen LogP contribution is 2.26. The molecule has 104 valence electrons. The van der Waals surface area contributed by atoms with Gasteiger partial charge in [-0.15, -0.1) is 0 Å². The number of aromatic nitrogens is 3. The van der Waals surface area contributed by atoms with Gasteiger partial charge in [0.25, 0.3) is 0 Å². The molecular weight excluding hydrogens is 286 g/mol. The Bertz CT molecular complexity index is 836. The van der Waals surface area contributed by atoms with Crippen molar-refractivity contribution in [3.63, 3.8) is 0 Å². The average Bonchev–Trinajstić information content (AvgIpc) is 2.46. The van der Waals surface area contributed by atoms with Crippen LogP contribution in [0.4, 0.5) is 0 Å². The van der Waals surface area contributed by atoms with Crippen LogP contribution in [0.1, 0.15) is 16.1 Å². The summed E-state index contributed by atoms with van der Waals surface area (Å²) in [7, 11) is 0. The van der Waals surface area contributed by atoms with Crippen molar-refractivity contribution >= 4 is 28.6 Å². The summed E-state index contributed by atoms with van der Waals surface area (Å²) in [6.45, 7) is 1.90. The molecule has 3 rings (SSSR count). The van der Waals surface area contributed by atoms with E-state index in [0.717, 1.165) is 10.7 Å². The molecule has 2 heterocycles. The van der Waals surface area contributed by atoms with Gasteiger partial charge < -0.3 is 5.11 Å². The molecule has 5 nitrogen and oxygen atoms in total. The van der Waals surface area contributed by atoms with Crippen molar-refractivity contribution in [1.82, 2.24) is 15.0 Å². The highest BCUT2D eigenvalue weighted by molar-refractivity contribution is 7.99. The summed E-state index contributed by atoms with van der Waals surface area (Å²) in [5, 5.41) is 11.1. The van der Waals surface area contributed by atoms with Crippen LogP contribution in [0.5, 0.6) is 0 Å². The number of carbonyl (C=O) groups is 1. The maximum Gasteiger partial charge on any atom is 0.336 e. The third-order valence-electron chi connectivity index (χ3n) is 2.91. The van der Waals surface area contributed by atoms with E-state index >= 15 is 0 Å². The number of aryl methyl sites for hydroxylation is 1. The molecule has 0 aliphatic carbocycles. The number of carboxylic acid groups (broad SMARTS) is 1. The standard InChI is InChI=1S/C15H11N3O2S/c1-9-7-8-16-15(17-9)21-13-6-5-10-11(14(19)20)3-2-4-12(10)18-13/h2-8H,1H3,(H,19,20). The third-order valence-corrected chi connectivity index (χ3v) is 3.72. The molecule has 0 saturated carbocycles. The summed E-state index contributed by atoms with van der Waals surface area (Å²) < 4.78 is 0. The summed E-state index contributed by atoms with van der Waals surface area (Å²) in [4.78, 5) is 24.1. The van der Waals surface area contributed by atoms with Crippen molar-refractivity contribution < 1.29 is 9.90 Å². The normalized spacial score (nSPS) is 10.7. The summed E-state index contributed by atoms with van der Waals surface area (Å²) in [5.74, 6) is -0.954. The van der Waals surface area contributed by atoms with Gasteiger partial charge in [0.1, 0.15) is 5.03 Å². The highest BCUT2D eigenvalue weighted by Gasteiger charge is 2.10. The first kappa shape index (κ1) is 13.5. The highest BCUT2D eigenvalue weighted by atomic mass is 32.2. The van der Waals surface area contributed by atoms with Crippen LogP contribution in [0.25, 0.3) is 10.9 Å². The van der Waals surface area contributed by atoms with Crippen molar-refractivity contribution in [2.24, 2.45) is 0 Å². The van der Waals surface area contributed by atoms with E-state index in [1.165, 1.54) is 11.8 Å². The van der Waals surface area contributed by atoms with Gasteiger partial charge in [-0.2, -0.15) is 0 Å². The number of nitrogens with zero attached hydrogens (tertiary/aromatic N) is 3. The zero-order chi connectivity index (χ0) is 14.8. The number of hydrogen-bond donors (Lipinski definition) is 1. The zero-order valence-electron chi connectivity index (χ0n) is 11.1. The van der Waals surface area contributed by atoms with Crippen LogP contribution < -0.4 is 0 Å². The smallest absolute Gasteiger partial charge is 0.336 e. The predicted molar refractivity (Wildman–Crippen MR) is 79.6 cm³/mol. The Morgan fingerprint density at radius 2 is 2.00 bits per heavy atom. The van der Waals surface area contributed by atoms with E-state index in [1.54, 1.807) is 36.5 Å². The lowest BCUT2D eigenvalue weighted by Gasteiger charge is -2.04.